The second-order valence-electron chi connectivity index (χ2n) is 10.7. The van der Waals surface area contributed by atoms with Crippen LogP contribution >= 0.6 is 0 Å². The topological polar surface area (TPSA) is 88.2 Å². The van der Waals surface area contributed by atoms with Gasteiger partial charge in [-0.3, -0.25) is 14.5 Å². The van der Waals surface area contributed by atoms with E-state index in [0.29, 0.717) is 34.9 Å². The second kappa shape index (κ2) is 11.5. The van der Waals surface area contributed by atoms with E-state index in [0.717, 1.165) is 22.6 Å². The zero-order valence-corrected chi connectivity index (χ0v) is 23.4. The minimum atomic E-state index is -0.543. The van der Waals surface area contributed by atoms with Gasteiger partial charge < -0.3 is 4.74 Å². The normalized spacial score (nSPS) is 15.1. The van der Waals surface area contributed by atoms with E-state index in [4.69, 9.17) is 9.84 Å². The summed E-state index contributed by atoms with van der Waals surface area (Å²) < 4.78 is 7.69. The summed E-state index contributed by atoms with van der Waals surface area (Å²) in [5.74, 6) is 0.314. The van der Waals surface area contributed by atoms with Crippen LogP contribution < -0.4 is 4.74 Å². The fraction of sp³-hybridized carbons (Fsp3) is 0.312. The van der Waals surface area contributed by atoms with Crippen molar-refractivity contribution in [3.8, 4) is 28.8 Å². The van der Waals surface area contributed by atoms with E-state index >= 15 is 0 Å². The van der Waals surface area contributed by atoms with Gasteiger partial charge in [0.05, 0.1) is 12.3 Å². The summed E-state index contributed by atoms with van der Waals surface area (Å²) >= 11 is 0. The molecule has 0 aliphatic carbocycles. The Kier molecular flexibility index (Phi) is 8.15. The van der Waals surface area contributed by atoms with E-state index in [9.17, 15) is 14.9 Å². The number of nitrogens with zero attached hydrogens (tertiary/aromatic N) is 4. The number of carbonyl (C=O) groups excluding carboxylic acids is 2. The van der Waals surface area contributed by atoms with Crippen molar-refractivity contribution < 1.29 is 14.3 Å². The molecule has 2 aromatic carbocycles. The lowest BCUT2D eigenvalue weighted by Crippen LogP contribution is -2.44. The summed E-state index contributed by atoms with van der Waals surface area (Å²) in [5.41, 5.74) is 4.81. The quantitative estimate of drug-likeness (QED) is 0.262. The number of imide groups is 1. The Balaban J connectivity index is 1.88. The summed E-state index contributed by atoms with van der Waals surface area (Å²) in [5, 5.41) is 14.7. The third kappa shape index (κ3) is 5.85. The van der Waals surface area contributed by atoms with Gasteiger partial charge in [0.15, 0.2) is 0 Å². The Morgan fingerprint density at radius 1 is 1.00 bits per heavy atom. The molecule has 1 aromatic heterocycles. The summed E-state index contributed by atoms with van der Waals surface area (Å²) in [6.07, 6.45) is 3.62. The van der Waals surface area contributed by atoms with Crippen molar-refractivity contribution in [3.63, 3.8) is 0 Å². The summed E-state index contributed by atoms with van der Waals surface area (Å²) in [7, 11) is 0. The molecule has 4 rings (SSSR count). The molecule has 200 valence electrons. The number of hydrogen-bond acceptors (Lipinski definition) is 5. The molecule has 0 N–H and O–H groups in total. The van der Waals surface area contributed by atoms with Gasteiger partial charge in [0.25, 0.3) is 11.8 Å². The van der Waals surface area contributed by atoms with Crippen molar-refractivity contribution in [2.24, 2.45) is 11.8 Å². The van der Waals surface area contributed by atoms with Gasteiger partial charge in [-0.1, -0.05) is 45.9 Å². The molecule has 1 aliphatic heterocycles. The highest BCUT2D eigenvalue weighted by atomic mass is 16.5. The number of aromatic nitrogens is 2. The first kappa shape index (κ1) is 27.6. The number of ether oxygens (including phenoxy) is 1. The molecule has 0 fully saturated rings. The number of aryl methyl sites for hydroxylation is 1. The Labute approximate surface area is 230 Å². The van der Waals surface area contributed by atoms with Gasteiger partial charge in [0, 0.05) is 29.4 Å². The number of amides is 2. The molecule has 1 aliphatic rings. The van der Waals surface area contributed by atoms with Crippen molar-refractivity contribution >= 4 is 17.9 Å². The molecule has 0 radical (unpaired) electrons. The Morgan fingerprint density at radius 3 is 2.33 bits per heavy atom. The maximum Gasteiger partial charge on any atom is 0.271 e. The van der Waals surface area contributed by atoms with Crippen LogP contribution in [0.2, 0.25) is 0 Å². The van der Waals surface area contributed by atoms with Crippen LogP contribution in [0, 0.1) is 30.1 Å². The van der Waals surface area contributed by atoms with Gasteiger partial charge in [-0.15, -0.1) is 0 Å². The van der Waals surface area contributed by atoms with Gasteiger partial charge in [-0.05, 0) is 73.2 Å². The molecule has 0 unspecified atom stereocenters. The molecular weight excluding hydrogens is 488 g/mol. The number of hydrogen-bond donors (Lipinski definition) is 0. The van der Waals surface area contributed by atoms with Crippen molar-refractivity contribution in [3.05, 3.63) is 82.6 Å². The largest absolute Gasteiger partial charge is 0.493 e. The fourth-order valence-corrected chi connectivity index (χ4v) is 4.49. The molecule has 2 heterocycles. The van der Waals surface area contributed by atoms with Gasteiger partial charge >= 0.3 is 0 Å². The van der Waals surface area contributed by atoms with E-state index in [1.807, 2.05) is 81.6 Å². The summed E-state index contributed by atoms with van der Waals surface area (Å²) in [6.45, 7) is 12.6. The first-order valence-corrected chi connectivity index (χ1v) is 13.2. The van der Waals surface area contributed by atoms with E-state index in [-0.39, 0.29) is 18.0 Å². The number of nitriles is 1. The molecule has 0 bridgehead atoms. The molecule has 3 aromatic rings. The predicted octanol–water partition coefficient (Wildman–Crippen LogP) is 6.13. The molecule has 7 heteroatoms. The Morgan fingerprint density at radius 2 is 1.72 bits per heavy atom. The lowest BCUT2D eigenvalue weighted by molar-refractivity contribution is -0.141. The molecular formula is C32H34N4O3. The zero-order valence-electron chi connectivity index (χ0n) is 23.4. The summed E-state index contributed by atoms with van der Waals surface area (Å²) in [4.78, 5) is 27.7. The van der Waals surface area contributed by atoms with Crippen LogP contribution in [0.3, 0.4) is 0 Å². The smallest absolute Gasteiger partial charge is 0.271 e. The Hall–Kier alpha value is -4.44. The van der Waals surface area contributed by atoms with Gasteiger partial charge in [0.2, 0.25) is 0 Å². The van der Waals surface area contributed by atoms with Crippen LogP contribution in [-0.4, -0.2) is 39.6 Å². The lowest BCUT2D eigenvalue weighted by atomic mass is 9.92. The molecule has 39 heavy (non-hydrogen) atoms. The van der Waals surface area contributed by atoms with E-state index in [1.165, 1.54) is 4.90 Å². The monoisotopic (exact) mass is 522 g/mol. The van der Waals surface area contributed by atoms with Gasteiger partial charge in [0.1, 0.15) is 23.1 Å². The maximum atomic E-state index is 13.6. The molecule has 0 atom stereocenters. The third-order valence-corrected chi connectivity index (χ3v) is 6.47. The van der Waals surface area contributed by atoms with Crippen molar-refractivity contribution in [2.45, 2.75) is 41.5 Å². The second-order valence-corrected chi connectivity index (χ2v) is 10.7. The molecule has 7 nitrogen and oxygen atoms in total. The average molecular weight is 523 g/mol. The maximum absolute atomic E-state index is 13.6. The fourth-order valence-electron chi connectivity index (χ4n) is 4.49. The average Bonchev–Trinajstić information content (AvgIpc) is 3.32. The van der Waals surface area contributed by atoms with Crippen LogP contribution in [0.5, 0.6) is 5.75 Å². The van der Waals surface area contributed by atoms with Crippen LogP contribution in [0.1, 0.15) is 45.7 Å². The van der Waals surface area contributed by atoms with Crippen LogP contribution in [0.4, 0.5) is 0 Å². The first-order valence-electron chi connectivity index (χ1n) is 13.2. The van der Waals surface area contributed by atoms with Crippen molar-refractivity contribution in [2.75, 3.05) is 13.2 Å². The number of benzene rings is 2. The highest BCUT2D eigenvalue weighted by Crippen LogP contribution is 2.33. The highest BCUT2D eigenvalue weighted by Gasteiger charge is 2.36. The molecule has 2 amide bonds. The number of para-hydroxylation sites is 1. The van der Waals surface area contributed by atoms with Gasteiger partial charge in [-0.2, -0.15) is 10.4 Å². The molecule has 0 saturated carbocycles. The zero-order chi connectivity index (χ0) is 28.3. The Bertz CT molecular complexity index is 1500. The SMILES string of the molecule is CC1=C(C#N)C(=O)N(CC(C)C)C(=O)/C1=C/c1cn(-c2ccccc2)nc1-c1ccc(OCC(C)C)cc1C. The first-order chi connectivity index (χ1) is 18.6. The molecule has 0 saturated heterocycles. The van der Waals surface area contributed by atoms with E-state index in [2.05, 4.69) is 13.8 Å². The van der Waals surface area contributed by atoms with Crippen molar-refractivity contribution in [1.82, 2.24) is 14.7 Å². The third-order valence-electron chi connectivity index (χ3n) is 6.47. The summed E-state index contributed by atoms with van der Waals surface area (Å²) in [6, 6.07) is 17.6. The van der Waals surface area contributed by atoms with Crippen LogP contribution in [-0.2, 0) is 9.59 Å². The van der Waals surface area contributed by atoms with Crippen molar-refractivity contribution in [1.29, 1.82) is 5.26 Å². The number of carbonyl (C=O) groups is 2. The van der Waals surface area contributed by atoms with E-state index < -0.39 is 11.8 Å². The van der Waals surface area contributed by atoms with Crippen LogP contribution in [0.25, 0.3) is 23.0 Å². The lowest BCUT2D eigenvalue weighted by Gasteiger charge is -2.28. The van der Waals surface area contributed by atoms with Gasteiger partial charge in [-0.25, -0.2) is 4.68 Å². The predicted molar refractivity (Wildman–Crippen MR) is 152 cm³/mol. The highest BCUT2D eigenvalue weighted by molar-refractivity contribution is 6.19. The standard InChI is InChI=1S/C32H34N4O3/c1-20(2)17-35-31(37)28(23(6)29(16-33)32(35)38)15-24-18-36(25-10-8-7-9-11-25)34-30(24)27-13-12-26(14-22(27)5)39-19-21(3)4/h7-15,18,20-21H,17,19H2,1-6H3/b28-15+. The van der Waals surface area contributed by atoms with E-state index in [1.54, 1.807) is 17.7 Å². The molecule has 0 spiro atoms. The van der Waals surface area contributed by atoms with Crippen LogP contribution in [0.15, 0.2) is 71.4 Å². The number of rotatable bonds is 8. The minimum absolute atomic E-state index is 0.0127. The minimum Gasteiger partial charge on any atom is -0.493 e.